The van der Waals surface area contributed by atoms with Gasteiger partial charge in [-0.25, -0.2) is 9.78 Å². The van der Waals surface area contributed by atoms with Crippen LogP contribution < -0.4 is 5.32 Å². The van der Waals surface area contributed by atoms with E-state index in [9.17, 15) is 9.59 Å². The van der Waals surface area contributed by atoms with Crippen LogP contribution >= 0.6 is 0 Å². The Hall–Kier alpha value is -2.21. The van der Waals surface area contributed by atoms with Crippen LogP contribution in [0.4, 0.5) is 5.82 Å². The van der Waals surface area contributed by atoms with Gasteiger partial charge >= 0.3 is 5.97 Å². The number of hydrogen-bond acceptors (Lipinski definition) is 5. The predicted octanol–water partition coefficient (Wildman–Crippen LogP) is 0.994. The molecule has 1 aliphatic rings. The Morgan fingerprint density at radius 2 is 2.40 bits per heavy atom. The minimum absolute atomic E-state index is 0.117. The lowest BCUT2D eigenvalue weighted by atomic mass is 10.1. The highest BCUT2D eigenvalue weighted by Gasteiger charge is 2.19. The van der Waals surface area contributed by atoms with Gasteiger partial charge in [0.25, 0.3) is 0 Å². The Morgan fingerprint density at radius 1 is 1.60 bits per heavy atom. The number of carboxylic acid groups (broad SMARTS) is 1. The summed E-state index contributed by atoms with van der Waals surface area (Å²) in [6.07, 6.45) is 5.91. The molecule has 2 rings (SSSR count). The molecule has 0 radical (unpaired) electrons. The highest BCUT2D eigenvalue weighted by molar-refractivity contribution is 5.85. The average molecular weight is 275 g/mol. The van der Waals surface area contributed by atoms with E-state index in [0.29, 0.717) is 13.1 Å². The lowest BCUT2D eigenvalue weighted by molar-refractivity contribution is -0.131. The number of aromatic nitrogens is 1. The van der Waals surface area contributed by atoms with Gasteiger partial charge in [0, 0.05) is 30.9 Å². The first kappa shape index (κ1) is 14.2. The van der Waals surface area contributed by atoms with Gasteiger partial charge < -0.3 is 15.2 Å². The number of carbonyl (C=O) groups is 2. The topological polar surface area (TPSA) is 82.5 Å². The fourth-order valence-corrected chi connectivity index (χ4v) is 2.18. The second-order valence-electron chi connectivity index (χ2n) is 4.78. The zero-order chi connectivity index (χ0) is 14.5. The first-order valence-corrected chi connectivity index (χ1v) is 6.39. The Balaban J connectivity index is 2.26. The van der Waals surface area contributed by atoms with Crippen LogP contribution in [0.25, 0.3) is 6.08 Å². The van der Waals surface area contributed by atoms with Crippen molar-refractivity contribution in [2.45, 2.75) is 19.0 Å². The summed E-state index contributed by atoms with van der Waals surface area (Å²) in [5.74, 6) is -0.207. The monoisotopic (exact) mass is 275 g/mol. The van der Waals surface area contributed by atoms with Crippen LogP contribution in [0.1, 0.15) is 17.5 Å². The predicted molar refractivity (Wildman–Crippen MR) is 75.3 cm³/mol. The highest BCUT2D eigenvalue weighted by atomic mass is 16.4. The molecule has 1 atom stereocenters. The molecule has 1 aromatic heterocycles. The molecule has 0 aromatic carbocycles. The van der Waals surface area contributed by atoms with Gasteiger partial charge in [0.2, 0.25) is 0 Å². The van der Waals surface area contributed by atoms with Crippen LogP contribution in [-0.4, -0.2) is 46.9 Å². The fraction of sp³-hybridized carbons (Fsp3) is 0.357. The first-order valence-electron chi connectivity index (χ1n) is 6.39. The van der Waals surface area contributed by atoms with Crippen molar-refractivity contribution in [3.8, 4) is 0 Å². The van der Waals surface area contributed by atoms with E-state index in [0.717, 1.165) is 35.7 Å². The molecule has 6 heteroatoms. The number of pyridine rings is 1. The summed E-state index contributed by atoms with van der Waals surface area (Å²) in [5.41, 5.74) is 1.68. The summed E-state index contributed by atoms with van der Waals surface area (Å²) in [6, 6.07) is 1.77. The molecule has 20 heavy (non-hydrogen) atoms. The second kappa shape index (κ2) is 6.29. The van der Waals surface area contributed by atoms with Crippen molar-refractivity contribution in [1.29, 1.82) is 0 Å². The molecular weight excluding hydrogens is 258 g/mol. The van der Waals surface area contributed by atoms with Crippen molar-refractivity contribution in [3.05, 3.63) is 29.5 Å². The van der Waals surface area contributed by atoms with Crippen molar-refractivity contribution in [1.82, 2.24) is 9.88 Å². The molecule has 2 heterocycles. The molecule has 6 nitrogen and oxygen atoms in total. The van der Waals surface area contributed by atoms with Gasteiger partial charge in [-0.05, 0) is 31.2 Å². The molecule has 0 fully saturated rings. The zero-order valence-electron chi connectivity index (χ0n) is 11.2. The van der Waals surface area contributed by atoms with Crippen molar-refractivity contribution in [2.75, 3.05) is 18.9 Å². The van der Waals surface area contributed by atoms with Gasteiger partial charge in [-0.1, -0.05) is 0 Å². The van der Waals surface area contributed by atoms with Crippen molar-refractivity contribution in [2.24, 2.45) is 0 Å². The molecule has 0 aliphatic carbocycles. The number of likely N-dealkylation sites (N-methyl/N-ethyl adjacent to an activating group) is 1. The molecule has 106 valence electrons. The number of carbonyl (C=O) groups excluding carboxylic acids is 1. The maximum atomic E-state index is 11.0. The number of rotatable bonds is 3. The Labute approximate surface area is 117 Å². The number of nitrogens with zero attached hydrogens (tertiary/aromatic N) is 2. The minimum Gasteiger partial charge on any atom is -0.478 e. The Kier molecular flexibility index (Phi) is 4.47. The quantitative estimate of drug-likeness (QED) is 0.632. The number of nitrogens with one attached hydrogen (secondary N) is 1. The Bertz CT molecular complexity index is 542. The van der Waals surface area contributed by atoms with Crippen LogP contribution in [0.3, 0.4) is 0 Å². The summed E-state index contributed by atoms with van der Waals surface area (Å²) in [6.45, 7) is 1.27. The highest BCUT2D eigenvalue weighted by Crippen LogP contribution is 2.20. The van der Waals surface area contributed by atoms with Crippen LogP contribution in [0, 0.1) is 0 Å². The lowest BCUT2D eigenvalue weighted by Crippen LogP contribution is -2.36. The summed E-state index contributed by atoms with van der Waals surface area (Å²) in [5, 5.41) is 11.8. The normalized spacial score (nSPS) is 19.8. The van der Waals surface area contributed by atoms with E-state index >= 15 is 0 Å². The van der Waals surface area contributed by atoms with Crippen LogP contribution in [0.2, 0.25) is 0 Å². The van der Waals surface area contributed by atoms with Crippen molar-refractivity contribution < 1.29 is 14.7 Å². The van der Waals surface area contributed by atoms with Gasteiger partial charge in [0.05, 0.1) is 6.04 Å². The number of aliphatic carboxylic acids is 1. The zero-order valence-corrected chi connectivity index (χ0v) is 11.2. The molecule has 0 saturated carbocycles. The molecule has 0 bridgehead atoms. The number of carboxylic acids is 1. The smallest absolute Gasteiger partial charge is 0.328 e. The van der Waals surface area contributed by atoms with Crippen LogP contribution in [-0.2, 0) is 16.1 Å². The van der Waals surface area contributed by atoms with Gasteiger partial charge in [-0.2, -0.15) is 0 Å². The summed E-state index contributed by atoms with van der Waals surface area (Å²) in [7, 11) is 1.90. The first-order chi connectivity index (χ1) is 9.60. The van der Waals surface area contributed by atoms with Crippen molar-refractivity contribution in [3.63, 3.8) is 0 Å². The third-order valence-electron chi connectivity index (χ3n) is 3.28. The molecule has 2 N–H and O–H groups in total. The van der Waals surface area contributed by atoms with Gasteiger partial charge in [0.1, 0.15) is 12.1 Å². The summed E-state index contributed by atoms with van der Waals surface area (Å²) >= 11 is 0. The third kappa shape index (κ3) is 3.42. The fourth-order valence-electron chi connectivity index (χ4n) is 2.18. The maximum absolute atomic E-state index is 11.0. The van der Waals surface area contributed by atoms with Gasteiger partial charge in [0.15, 0.2) is 0 Å². The molecule has 0 spiro atoms. The van der Waals surface area contributed by atoms with Gasteiger partial charge in [-0.15, -0.1) is 0 Å². The second-order valence-corrected chi connectivity index (χ2v) is 4.78. The van der Waals surface area contributed by atoms with E-state index < -0.39 is 5.97 Å². The van der Waals surface area contributed by atoms with Crippen LogP contribution in [0.15, 0.2) is 18.3 Å². The number of hydrogen-bond donors (Lipinski definition) is 2. The van der Waals surface area contributed by atoms with E-state index in [2.05, 4.69) is 10.3 Å². The molecule has 1 aromatic rings. The standard InChI is InChI=1S/C14H17N3O3/c1-17-8-11-6-10(2-3-13(19)20)7-16-14(11)15-5-4-12(17)9-18/h2-3,6-7,9,12H,4-5,8H2,1H3,(H,15,16)(H,19,20)/b3-2+. The van der Waals surface area contributed by atoms with E-state index in [-0.39, 0.29) is 6.04 Å². The Morgan fingerprint density at radius 3 is 3.10 bits per heavy atom. The third-order valence-corrected chi connectivity index (χ3v) is 3.28. The van der Waals surface area contributed by atoms with Gasteiger partial charge in [-0.3, -0.25) is 4.90 Å². The molecule has 0 amide bonds. The molecule has 1 aliphatic heterocycles. The minimum atomic E-state index is -0.993. The molecule has 1 unspecified atom stereocenters. The molecular formula is C14H17N3O3. The number of aldehydes is 1. The summed E-state index contributed by atoms with van der Waals surface area (Å²) < 4.78 is 0. The van der Waals surface area contributed by atoms with Crippen molar-refractivity contribution >= 4 is 24.1 Å². The van der Waals surface area contributed by atoms with E-state index in [1.54, 1.807) is 6.20 Å². The van der Waals surface area contributed by atoms with E-state index in [1.807, 2.05) is 18.0 Å². The average Bonchev–Trinajstić information content (AvgIpc) is 2.40. The summed E-state index contributed by atoms with van der Waals surface area (Å²) in [4.78, 5) is 27.8. The number of anilines is 1. The van der Waals surface area contributed by atoms with E-state index in [4.69, 9.17) is 5.11 Å². The molecule has 0 saturated heterocycles. The largest absolute Gasteiger partial charge is 0.478 e. The van der Waals surface area contributed by atoms with Crippen LogP contribution in [0.5, 0.6) is 0 Å². The lowest BCUT2D eigenvalue weighted by Gasteiger charge is -2.27. The SMILES string of the molecule is CN1Cc2cc(/C=C/C(=O)O)cnc2NCCC1C=O. The van der Waals surface area contributed by atoms with E-state index in [1.165, 1.54) is 6.08 Å². The maximum Gasteiger partial charge on any atom is 0.328 e. The number of fused-ring (bicyclic) bond motifs is 1.